The third-order valence-electron chi connectivity index (χ3n) is 6.08. The second-order valence-corrected chi connectivity index (χ2v) is 10.9. The molecule has 0 saturated carbocycles. The van der Waals surface area contributed by atoms with Crippen molar-refractivity contribution in [1.82, 2.24) is 19.7 Å². The van der Waals surface area contributed by atoms with Crippen LogP contribution in [0.4, 0.5) is 17.6 Å². The first-order valence-corrected chi connectivity index (χ1v) is 13.4. The molecule has 0 aliphatic carbocycles. The molecule has 5 rings (SSSR count). The maximum Gasteiger partial charge on any atom is 0.534 e. The Bertz CT molecular complexity index is 1710. The van der Waals surface area contributed by atoms with Crippen molar-refractivity contribution in [3.63, 3.8) is 0 Å². The van der Waals surface area contributed by atoms with Gasteiger partial charge in [0.25, 0.3) is 0 Å². The van der Waals surface area contributed by atoms with E-state index in [2.05, 4.69) is 20.8 Å². The van der Waals surface area contributed by atoms with Crippen LogP contribution in [0.2, 0.25) is 0 Å². The van der Waals surface area contributed by atoms with Gasteiger partial charge in [-0.25, -0.2) is 9.37 Å². The average Bonchev–Trinajstić information content (AvgIpc) is 3.52. The van der Waals surface area contributed by atoms with E-state index in [0.717, 1.165) is 17.4 Å². The summed E-state index contributed by atoms with van der Waals surface area (Å²) in [5, 5.41) is 5.86. The van der Waals surface area contributed by atoms with Crippen LogP contribution in [0, 0.1) is 5.82 Å². The SMILES string of the molecule is C=CC(=O)N1CC(n2cc(-c3nc(OS(=O)(=O)C(F)(F)F)c4ccsc4c3-c3ccc(F)cc3OC)cn2)C1. The Morgan fingerprint density at radius 3 is 2.67 bits per heavy atom. The fourth-order valence-electron chi connectivity index (χ4n) is 4.13. The average molecular weight is 583 g/mol. The van der Waals surface area contributed by atoms with Gasteiger partial charge in [-0.05, 0) is 29.7 Å². The van der Waals surface area contributed by atoms with Crippen molar-refractivity contribution in [2.45, 2.75) is 11.6 Å². The number of hydrogen-bond donors (Lipinski definition) is 0. The first kappa shape index (κ1) is 26.6. The predicted molar refractivity (Wildman–Crippen MR) is 134 cm³/mol. The molecule has 4 aromatic rings. The van der Waals surface area contributed by atoms with E-state index >= 15 is 0 Å². The highest BCUT2D eigenvalue weighted by Gasteiger charge is 2.49. The number of nitrogens with zero attached hydrogens (tertiary/aromatic N) is 4. The number of amides is 1. The van der Waals surface area contributed by atoms with Crippen molar-refractivity contribution in [3.8, 4) is 34.0 Å². The normalized spacial score (nSPS) is 14.3. The molecule has 1 fully saturated rings. The third kappa shape index (κ3) is 4.71. The number of fused-ring (bicyclic) bond motifs is 1. The number of benzene rings is 1. The lowest BCUT2D eigenvalue weighted by Gasteiger charge is -2.38. The van der Waals surface area contributed by atoms with E-state index in [1.807, 2.05) is 0 Å². The Morgan fingerprint density at radius 1 is 1.26 bits per heavy atom. The van der Waals surface area contributed by atoms with E-state index in [4.69, 9.17) is 4.74 Å². The van der Waals surface area contributed by atoms with E-state index in [1.165, 1.54) is 43.0 Å². The standard InChI is InChI=1S/C24H18F4N4O5S2/c1-3-19(33)31-11-15(12-31)32-10-13(9-29-32)21-20(16-5-4-14(25)8-18(16)36-2)22-17(6-7-38-22)23(30-21)37-39(34,35)24(26,27)28/h3-10,15H,1,11-12H2,2H3. The molecule has 9 nitrogen and oxygen atoms in total. The minimum atomic E-state index is -6.03. The number of carbonyl (C=O) groups is 1. The van der Waals surface area contributed by atoms with Crippen LogP contribution >= 0.6 is 11.3 Å². The van der Waals surface area contributed by atoms with Gasteiger partial charge in [0.15, 0.2) is 0 Å². The number of alkyl halides is 3. The van der Waals surface area contributed by atoms with Gasteiger partial charge in [0.2, 0.25) is 11.8 Å². The molecule has 0 atom stereocenters. The van der Waals surface area contributed by atoms with E-state index in [-0.39, 0.29) is 28.8 Å². The van der Waals surface area contributed by atoms with Gasteiger partial charge in [-0.2, -0.15) is 26.7 Å². The maximum atomic E-state index is 14.0. The summed E-state index contributed by atoms with van der Waals surface area (Å²) in [4.78, 5) is 17.6. The summed E-state index contributed by atoms with van der Waals surface area (Å²) in [6.07, 6.45) is 4.18. The van der Waals surface area contributed by atoms with Crippen molar-refractivity contribution in [2.75, 3.05) is 20.2 Å². The quantitative estimate of drug-likeness (QED) is 0.134. The number of ether oxygens (including phenoxy) is 1. The van der Waals surface area contributed by atoms with Crippen LogP contribution in [0.3, 0.4) is 0 Å². The van der Waals surface area contributed by atoms with Gasteiger partial charge in [0, 0.05) is 46.7 Å². The smallest absolute Gasteiger partial charge is 0.496 e. The van der Waals surface area contributed by atoms with Crippen molar-refractivity contribution in [3.05, 3.63) is 60.5 Å². The summed E-state index contributed by atoms with van der Waals surface area (Å²) in [5.74, 6) is -1.47. The van der Waals surface area contributed by atoms with Crippen LogP contribution < -0.4 is 8.92 Å². The molecule has 1 aliphatic rings. The Kier molecular flexibility index (Phi) is 6.58. The number of aromatic nitrogens is 3. The van der Waals surface area contributed by atoms with Gasteiger partial charge in [-0.15, -0.1) is 11.3 Å². The zero-order chi connectivity index (χ0) is 28.1. The molecule has 1 aliphatic heterocycles. The first-order valence-electron chi connectivity index (χ1n) is 11.1. The molecule has 1 aromatic carbocycles. The van der Waals surface area contributed by atoms with Gasteiger partial charge in [-0.1, -0.05) is 6.58 Å². The van der Waals surface area contributed by atoms with Gasteiger partial charge in [0.1, 0.15) is 11.6 Å². The van der Waals surface area contributed by atoms with Crippen molar-refractivity contribution in [1.29, 1.82) is 0 Å². The van der Waals surface area contributed by atoms with Crippen molar-refractivity contribution in [2.24, 2.45) is 0 Å². The molecule has 204 valence electrons. The molecule has 3 aromatic heterocycles. The molecular formula is C24H18F4N4O5S2. The van der Waals surface area contributed by atoms with Gasteiger partial charge >= 0.3 is 15.6 Å². The highest BCUT2D eigenvalue weighted by Crippen LogP contribution is 2.46. The van der Waals surface area contributed by atoms with Crippen molar-refractivity contribution < 1.29 is 39.7 Å². The molecule has 1 amide bonds. The molecule has 1 saturated heterocycles. The monoisotopic (exact) mass is 582 g/mol. The molecule has 0 unspecified atom stereocenters. The number of rotatable bonds is 7. The number of pyridine rings is 1. The van der Waals surface area contributed by atoms with Crippen LogP contribution in [0.15, 0.2) is 54.7 Å². The fourth-order valence-corrected chi connectivity index (χ4v) is 5.51. The summed E-state index contributed by atoms with van der Waals surface area (Å²) in [6, 6.07) is 4.94. The highest BCUT2D eigenvalue weighted by atomic mass is 32.2. The Labute approximate surface area is 223 Å². The first-order chi connectivity index (χ1) is 18.4. The van der Waals surface area contributed by atoms with Gasteiger partial charge in [0.05, 0.1) is 30.4 Å². The van der Waals surface area contributed by atoms with E-state index in [0.29, 0.717) is 34.5 Å². The molecule has 39 heavy (non-hydrogen) atoms. The topological polar surface area (TPSA) is 104 Å². The summed E-state index contributed by atoms with van der Waals surface area (Å²) in [6.45, 7) is 4.18. The van der Waals surface area contributed by atoms with Crippen molar-refractivity contribution >= 4 is 37.4 Å². The summed E-state index contributed by atoms with van der Waals surface area (Å²) < 4.78 is 89.0. The Balaban J connectivity index is 1.69. The van der Waals surface area contributed by atoms with Crippen LogP contribution in [-0.2, 0) is 14.9 Å². The number of carbonyl (C=O) groups excluding carboxylic acids is 1. The molecule has 4 heterocycles. The lowest BCUT2D eigenvalue weighted by Crippen LogP contribution is -2.50. The molecule has 0 spiro atoms. The summed E-state index contributed by atoms with van der Waals surface area (Å²) >= 11 is 1.10. The molecule has 0 bridgehead atoms. The van der Waals surface area contributed by atoms with E-state index < -0.39 is 27.3 Å². The lowest BCUT2D eigenvalue weighted by atomic mass is 9.98. The summed E-state index contributed by atoms with van der Waals surface area (Å²) in [5.41, 5.74) is -4.62. The van der Waals surface area contributed by atoms with E-state index in [9.17, 15) is 30.8 Å². The maximum absolute atomic E-state index is 14.0. The van der Waals surface area contributed by atoms with Gasteiger partial charge < -0.3 is 13.8 Å². The highest BCUT2D eigenvalue weighted by molar-refractivity contribution is 7.88. The minimum Gasteiger partial charge on any atom is -0.496 e. The minimum absolute atomic E-state index is 0.00270. The number of hydrogen-bond acceptors (Lipinski definition) is 8. The Morgan fingerprint density at radius 2 is 2.00 bits per heavy atom. The van der Waals surface area contributed by atoms with Crippen LogP contribution in [-0.4, -0.2) is 59.7 Å². The number of thiophene rings is 1. The second kappa shape index (κ2) is 9.64. The number of methoxy groups -OCH3 is 1. The molecule has 15 heteroatoms. The second-order valence-electron chi connectivity index (χ2n) is 8.44. The Hall–Kier alpha value is -3.98. The summed E-state index contributed by atoms with van der Waals surface area (Å²) in [7, 11) is -4.70. The number of halogens is 4. The molecular weight excluding hydrogens is 564 g/mol. The lowest BCUT2D eigenvalue weighted by molar-refractivity contribution is -0.131. The predicted octanol–water partition coefficient (Wildman–Crippen LogP) is 4.77. The fraction of sp³-hybridized carbons (Fsp3) is 0.208. The van der Waals surface area contributed by atoms with Crippen LogP contribution in [0.5, 0.6) is 11.6 Å². The largest absolute Gasteiger partial charge is 0.534 e. The van der Waals surface area contributed by atoms with Crippen LogP contribution in [0.25, 0.3) is 32.5 Å². The number of likely N-dealkylation sites (tertiary alicyclic amines) is 1. The van der Waals surface area contributed by atoms with Crippen LogP contribution in [0.1, 0.15) is 6.04 Å². The zero-order valence-electron chi connectivity index (χ0n) is 20.0. The zero-order valence-corrected chi connectivity index (χ0v) is 21.6. The molecule has 0 radical (unpaired) electrons. The molecule has 0 N–H and O–H groups in total. The van der Waals surface area contributed by atoms with E-state index in [1.54, 1.807) is 15.8 Å². The van der Waals surface area contributed by atoms with Gasteiger partial charge in [-0.3, -0.25) is 9.48 Å². The third-order valence-corrected chi connectivity index (χ3v) is 7.95.